The Labute approximate surface area is 115 Å². The Hall–Kier alpha value is -1.62. The number of aromatic nitrogens is 2. The topological polar surface area (TPSA) is 29.0 Å². The zero-order valence-electron chi connectivity index (χ0n) is 10.9. The van der Waals surface area contributed by atoms with Crippen LogP contribution in [-0.2, 0) is 11.5 Å². The Balaban J connectivity index is 2.19. The molecule has 2 heterocycles. The van der Waals surface area contributed by atoms with Gasteiger partial charge in [-0.1, -0.05) is 12.1 Å². The van der Waals surface area contributed by atoms with Gasteiger partial charge in [-0.3, -0.25) is 0 Å². The lowest BCUT2D eigenvalue weighted by atomic mass is 10.1. The average molecular weight is 275 g/mol. The third-order valence-corrected chi connectivity index (χ3v) is 4.06. The molecule has 5 heteroatoms. The summed E-state index contributed by atoms with van der Waals surface area (Å²) in [7, 11) is 3.91. The number of fused-ring (bicyclic) bond motifs is 1. The van der Waals surface area contributed by atoms with Gasteiger partial charge in [0.1, 0.15) is 11.6 Å². The number of halogens is 1. The third-order valence-electron chi connectivity index (χ3n) is 3.09. The summed E-state index contributed by atoms with van der Waals surface area (Å²) < 4.78 is 13.9. The van der Waals surface area contributed by atoms with Gasteiger partial charge in [0, 0.05) is 31.2 Å². The van der Waals surface area contributed by atoms with E-state index in [2.05, 4.69) is 9.97 Å². The van der Waals surface area contributed by atoms with Crippen molar-refractivity contribution in [1.29, 1.82) is 0 Å². The van der Waals surface area contributed by atoms with Gasteiger partial charge in [0.2, 0.25) is 0 Å². The number of hydrogen-bond acceptors (Lipinski definition) is 4. The third kappa shape index (κ3) is 2.18. The van der Waals surface area contributed by atoms with Crippen LogP contribution < -0.4 is 4.90 Å². The zero-order valence-corrected chi connectivity index (χ0v) is 11.7. The molecule has 0 fully saturated rings. The highest BCUT2D eigenvalue weighted by molar-refractivity contribution is 7.98. The summed E-state index contributed by atoms with van der Waals surface area (Å²) >= 11 is 1.82. The molecule has 0 N–H and O–H groups in total. The molecular weight excluding hydrogens is 261 g/mol. The van der Waals surface area contributed by atoms with Crippen molar-refractivity contribution < 1.29 is 4.39 Å². The van der Waals surface area contributed by atoms with Gasteiger partial charge in [0.25, 0.3) is 0 Å². The highest BCUT2D eigenvalue weighted by Crippen LogP contribution is 2.35. The molecule has 1 aliphatic heterocycles. The van der Waals surface area contributed by atoms with E-state index >= 15 is 0 Å². The lowest BCUT2D eigenvalue weighted by molar-refractivity contribution is 0.630. The molecule has 0 atom stereocenters. The number of rotatable bonds is 2. The van der Waals surface area contributed by atoms with E-state index in [0.717, 1.165) is 23.0 Å². The first-order chi connectivity index (χ1) is 9.16. The smallest absolute Gasteiger partial charge is 0.164 e. The fourth-order valence-electron chi connectivity index (χ4n) is 2.17. The normalized spacial score (nSPS) is 13.4. The molecule has 0 aliphatic carbocycles. The van der Waals surface area contributed by atoms with Crippen LogP contribution in [0.3, 0.4) is 0 Å². The van der Waals surface area contributed by atoms with Gasteiger partial charge in [-0.2, -0.15) is 11.8 Å². The summed E-state index contributed by atoms with van der Waals surface area (Å²) in [4.78, 5) is 11.0. The SMILES string of the molecule is CN(C)c1nc(-c2ccccc2F)nc2c1CSC2. The molecule has 1 aromatic heterocycles. The van der Waals surface area contributed by atoms with Crippen molar-refractivity contribution in [3.8, 4) is 11.4 Å². The maximum atomic E-state index is 13.9. The van der Waals surface area contributed by atoms with Crippen LogP contribution in [0.4, 0.5) is 10.2 Å². The van der Waals surface area contributed by atoms with Crippen molar-refractivity contribution in [2.24, 2.45) is 0 Å². The van der Waals surface area contributed by atoms with Crippen LogP contribution in [0, 0.1) is 5.82 Å². The second-order valence-corrected chi connectivity index (χ2v) is 5.65. The second kappa shape index (κ2) is 4.81. The Morgan fingerprint density at radius 2 is 1.95 bits per heavy atom. The van der Waals surface area contributed by atoms with Crippen LogP contribution in [-0.4, -0.2) is 24.1 Å². The van der Waals surface area contributed by atoms with Gasteiger partial charge in [-0.25, -0.2) is 14.4 Å². The lowest BCUT2D eigenvalue weighted by Gasteiger charge is -2.16. The van der Waals surface area contributed by atoms with Crippen molar-refractivity contribution in [1.82, 2.24) is 9.97 Å². The lowest BCUT2D eigenvalue weighted by Crippen LogP contribution is -2.15. The van der Waals surface area contributed by atoms with Gasteiger partial charge in [-0.05, 0) is 12.1 Å². The molecule has 19 heavy (non-hydrogen) atoms. The summed E-state index contributed by atoms with van der Waals surface area (Å²) in [6.07, 6.45) is 0. The standard InChI is InChI=1S/C14H14FN3S/c1-18(2)14-10-7-19-8-12(10)16-13(17-14)9-5-3-4-6-11(9)15/h3-6H,7-8H2,1-2H3. The predicted molar refractivity (Wildman–Crippen MR) is 76.8 cm³/mol. The molecular formula is C14H14FN3S. The second-order valence-electron chi connectivity index (χ2n) is 4.66. The molecule has 0 saturated heterocycles. The summed E-state index contributed by atoms with van der Waals surface area (Å²) in [5.74, 6) is 2.90. The van der Waals surface area contributed by atoms with Crippen molar-refractivity contribution in [3.05, 3.63) is 41.3 Å². The van der Waals surface area contributed by atoms with Crippen LogP contribution in [0.25, 0.3) is 11.4 Å². The van der Waals surface area contributed by atoms with E-state index in [4.69, 9.17) is 0 Å². The van der Waals surface area contributed by atoms with Gasteiger partial charge < -0.3 is 4.90 Å². The van der Waals surface area contributed by atoms with E-state index < -0.39 is 0 Å². The first-order valence-corrected chi connectivity index (χ1v) is 7.22. The zero-order chi connectivity index (χ0) is 13.4. The van der Waals surface area contributed by atoms with Crippen LogP contribution >= 0.6 is 11.8 Å². The summed E-state index contributed by atoms with van der Waals surface area (Å²) in [6.45, 7) is 0. The monoisotopic (exact) mass is 275 g/mol. The minimum absolute atomic E-state index is 0.280. The van der Waals surface area contributed by atoms with E-state index in [0.29, 0.717) is 11.4 Å². The molecule has 0 saturated carbocycles. The number of hydrogen-bond donors (Lipinski definition) is 0. The van der Waals surface area contributed by atoms with E-state index in [1.54, 1.807) is 18.2 Å². The first kappa shape index (κ1) is 12.4. The molecule has 1 aromatic carbocycles. The first-order valence-electron chi connectivity index (χ1n) is 6.06. The molecule has 1 aliphatic rings. The molecule has 0 spiro atoms. The van der Waals surface area contributed by atoms with Gasteiger partial charge in [0.15, 0.2) is 5.82 Å². The fourth-order valence-corrected chi connectivity index (χ4v) is 3.20. The number of nitrogens with zero attached hydrogens (tertiary/aromatic N) is 3. The summed E-state index contributed by atoms with van der Waals surface area (Å²) in [6, 6.07) is 6.64. The van der Waals surface area contributed by atoms with Crippen molar-refractivity contribution in [2.75, 3.05) is 19.0 Å². The average Bonchev–Trinajstić information content (AvgIpc) is 2.86. The molecule has 0 unspecified atom stereocenters. The number of benzene rings is 1. The Morgan fingerprint density at radius 3 is 2.68 bits per heavy atom. The quantitative estimate of drug-likeness (QED) is 0.842. The van der Waals surface area contributed by atoms with Crippen LogP contribution in [0.1, 0.15) is 11.3 Å². The highest BCUT2D eigenvalue weighted by Gasteiger charge is 2.22. The van der Waals surface area contributed by atoms with E-state index in [1.807, 2.05) is 30.8 Å². The van der Waals surface area contributed by atoms with E-state index in [9.17, 15) is 4.39 Å². The van der Waals surface area contributed by atoms with Crippen LogP contribution in [0.15, 0.2) is 24.3 Å². The Morgan fingerprint density at radius 1 is 1.16 bits per heavy atom. The summed E-state index contributed by atoms with van der Waals surface area (Å²) in [5.41, 5.74) is 2.67. The molecule has 0 amide bonds. The minimum Gasteiger partial charge on any atom is -0.362 e. The predicted octanol–water partition coefficient (Wildman–Crippen LogP) is 3.10. The molecule has 98 valence electrons. The molecule has 2 aromatic rings. The highest BCUT2D eigenvalue weighted by atomic mass is 32.2. The summed E-state index contributed by atoms with van der Waals surface area (Å²) in [5, 5.41) is 0. The van der Waals surface area contributed by atoms with Crippen molar-refractivity contribution in [2.45, 2.75) is 11.5 Å². The maximum Gasteiger partial charge on any atom is 0.164 e. The molecule has 0 radical (unpaired) electrons. The van der Waals surface area contributed by atoms with Crippen molar-refractivity contribution >= 4 is 17.6 Å². The molecule has 3 rings (SSSR count). The van der Waals surface area contributed by atoms with Crippen LogP contribution in [0.5, 0.6) is 0 Å². The minimum atomic E-state index is -0.280. The van der Waals surface area contributed by atoms with Gasteiger partial charge in [0.05, 0.1) is 11.3 Å². The maximum absolute atomic E-state index is 13.9. The Kier molecular flexibility index (Phi) is 3.14. The van der Waals surface area contributed by atoms with Gasteiger partial charge >= 0.3 is 0 Å². The van der Waals surface area contributed by atoms with E-state index in [1.165, 1.54) is 11.6 Å². The van der Waals surface area contributed by atoms with Crippen molar-refractivity contribution in [3.63, 3.8) is 0 Å². The Bertz CT molecular complexity index is 628. The van der Waals surface area contributed by atoms with E-state index in [-0.39, 0.29) is 5.82 Å². The van der Waals surface area contributed by atoms with Gasteiger partial charge in [-0.15, -0.1) is 0 Å². The largest absolute Gasteiger partial charge is 0.362 e. The number of thioether (sulfide) groups is 1. The van der Waals surface area contributed by atoms with Crippen LogP contribution in [0.2, 0.25) is 0 Å². The molecule has 3 nitrogen and oxygen atoms in total. The fraction of sp³-hybridized carbons (Fsp3) is 0.286. The number of anilines is 1. The molecule has 0 bridgehead atoms.